The Morgan fingerprint density at radius 2 is 2.10 bits per heavy atom. The monoisotopic (exact) mass is 277 g/mol. The molecule has 1 aromatic rings. The fourth-order valence-corrected chi connectivity index (χ4v) is 2.05. The van der Waals surface area contributed by atoms with Crippen LogP contribution in [0.1, 0.15) is 23.7 Å². The van der Waals surface area contributed by atoms with Gasteiger partial charge in [0.15, 0.2) is 0 Å². The number of hydrogen-bond acceptors (Lipinski definition) is 5. The van der Waals surface area contributed by atoms with Gasteiger partial charge in [-0.3, -0.25) is 10.2 Å². The Kier molecular flexibility index (Phi) is 5.31. The zero-order valence-electron chi connectivity index (χ0n) is 12.2. The summed E-state index contributed by atoms with van der Waals surface area (Å²) < 4.78 is 0. The van der Waals surface area contributed by atoms with Crippen molar-refractivity contribution < 1.29 is 4.79 Å². The summed E-state index contributed by atoms with van der Waals surface area (Å²) in [5, 5.41) is 5.16. The molecule has 0 aromatic carbocycles. The van der Waals surface area contributed by atoms with E-state index in [0.717, 1.165) is 45.0 Å². The molecule has 2 N–H and O–H groups in total. The summed E-state index contributed by atoms with van der Waals surface area (Å²) in [6.07, 6.45) is 2.69. The number of hydrazine groups is 1. The van der Waals surface area contributed by atoms with E-state index in [4.69, 9.17) is 0 Å². The molecule has 0 bridgehead atoms. The Bertz CT molecular complexity index is 443. The highest BCUT2D eigenvalue weighted by Gasteiger charge is 2.16. The van der Waals surface area contributed by atoms with Crippen LogP contribution in [0.2, 0.25) is 0 Å². The molecule has 2 rings (SSSR count). The first-order valence-electron chi connectivity index (χ1n) is 7.13. The maximum atomic E-state index is 12.2. The first-order chi connectivity index (χ1) is 9.69. The average Bonchev–Trinajstić information content (AvgIpc) is 2.48. The summed E-state index contributed by atoms with van der Waals surface area (Å²) in [6.45, 7) is 6.61. The van der Waals surface area contributed by atoms with E-state index >= 15 is 0 Å². The van der Waals surface area contributed by atoms with Crippen molar-refractivity contribution >= 4 is 11.7 Å². The number of rotatable bonds is 5. The molecule has 0 saturated carbocycles. The standard InChI is InChI=1S/C14H23N5O/c1-3-5-15-13-11-12(4-6-16-13)14(20)17-19-9-7-18(2)8-10-19/h4,6,11H,3,5,7-10H2,1-2H3,(H,15,16)(H,17,20). The lowest BCUT2D eigenvalue weighted by molar-refractivity contribution is 0.0662. The van der Waals surface area contributed by atoms with Gasteiger partial charge < -0.3 is 10.2 Å². The Labute approximate surface area is 120 Å². The zero-order chi connectivity index (χ0) is 14.4. The van der Waals surface area contributed by atoms with Gasteiger partial charge >= 0.3 is 0 Å². The Morgan fingerprint density at radius 3 is 2.80 bits per heavy atom. The van der Waals surface area contributed by atoms with Gasteiger partial charge in [0.2, 0.25) is 0 Å². The third-order valence-electron chi connectivity index (χ3n) is 3.34. The molecule has 0 atom stereocenters. The minimum atomic E-state index is -0.0727. The third kappa shape index (κ3) is 4.18. The summed E-state index contributed by atoms with van der Waals surface area (Å²) in [5.74, 6) is 0.675. The zero-order valence-corrected chi connectivity index (χ0v) is 12.2. The van der Waals surface area contributed by atoms with E-state index in [-0.39, 0.29) is 5.91 Å². The molecule has 1 aromatic heterocycles. The fourth-order valence-electron chi connectivity index (χ4n) is 2.05. The molecular weight excluding hydrogens is 254 g/mol. The van der Waals surface area contributed by atoms with Gasteiger partial charge in [-0.25, -0.2) is 9.99 Å². The van der Waals surface area contributed by atoms with Gasteiger partial charge in [0, 0.05) is 44.5 Å². The van der Waals surface area contributed by atoms with Crippen molar-refractivity contribution in [1.82, 2.24) is 20.3 Å². The van der Waals surface area contributed by atoms with Crippen LogP contribution in [0.4, 0.5) is 5.82 Å². The number of aromatic nitrogens is 1. The molecule has 6 nitrogen and oxygen atoms in total. The molecule has 1 aliphatic heterocycles. The lowest BCUT2D eigenvalue weighted by Crippen LogP contribution is -2.52. The summed E-state index contributed by atoms with van der Waals surface area (Å²) in [4.78, 5) is 18.7. The second kappa shape index (κ2) is 7.21. The predicted molar refractivity (Wildman–Crippen MR) is 79.6 cm³/mol. The predicted octanol–water partition coefficient (Wildman–Crippen LogP) is 0.796. The number of carbonyl (C=O) groups is 1. The molecule has 6 heteroatoms. The highest BCUT2D eigenvalue weighted by Crippen LogP contribution is 2.07. The summed E-state index contributed by atoms with van der Waals surface area (Å²) in [7, 11) is 2.09. The van der Waals surface area contributed by atoms with Crippen molar-refractivity contribution in [1.29, 1.82) is 0 Å². The van der Waals surface area contributed by atoms with E-state index in [0.29, 0.717) is 5.56 Å². The summed E-state index contributed by atoms with van der Waals surface area (Å²) in [5.41, 5.74) is 3.59. The quantitative estimate of drug-likeness (QED) is 0.833. The summed E-state index contributed by atoms with van der Waals surface area (Å²) in [6, 6.07) is 3.53. The van der Waals surface area contributed by atoms with Crippen molar-refractivity contribution in [2.45, 2.75) is 13.3 Å². The maximum absolute atomic E-state index is 12.2. The van der Waals surface area contributed by atoms with Gasteiger partial charge in [0.25, 0.3) is 5.91 Å². The number of likely N-dealkylation sites (N-methyl/N-ethyl adjacent to an activating group) is 1. The van der Waals surface area contributed by atoms with Crippen LogP contribution in [0, 0.1) is 0 Å². The van der Waals surface area contributed by atoms with Crippen LogP contribution in [0.25, 0.3) is 0 Å². The Hall–Kier alpha value is -1.66. The van der Waals surface area contributed by atoms with E-state index in [1.165, 1.54) is 0 Å². The first kappa shape index (κ1) is 14.7. The number of carbonyl (C=O) groups excluding carboxylic acids is 1. The molecule has 1 aliphatic rings. The molecule has 1 fully saturated rings. The second-order valence-electron chi connectivity index (χ2n) is 5.09. The molecule has 0 unspecified atom stereocenters. The van der Waals surface area contributed by atoms with E-state index in [1.807, 2.05) is 5.01 Å². The van der Waals surface area contributed by atoms with Crippen molar-refractivity contribution in [2.24, 2.45) is 0 Å². The molecule has 1 saturated heterocycles. The minimum absolute atomic E-state index is 0.0727. The van der Waals surface area contributed by atoms with E-state index < -0.39 is 0 Å². The molecule has 20 heavy (non-hydrogen) atoms. The Balaban J connectivity index is 1.91. The van der Waals surface area contributed by atoms with Gasteiger partial charge in [-0.2, -0.15) is 0 Å². The van der Waals surface area contributed by atoms with Crippen molar-refractivity contribution in [3.63, 3.8) is 0 Å². The van der Waals surface area contributed by atoms with Crippen LogP contribution in [0.3, 0.4) is 0 Å². The molecule has 1 amide bonds. The SMILES string of the molecule is CCCNc1cc(C(=O)NN2CCN(C)CC2)ccn1. The number of pyridine rings is 1. The fraction of sp³-hybridized carbons (Fsp3) is 0.571. The van der Waals surface area contributed by atoms with Crippen LogP contribution in [0.5, 0.6) is 0 Å². The number of piperazine rings is 1. The van der Waals surface area contributed by atoms with Crippen molar-refractivity contribution in [3.8, 4) is 0 Å². The van der Waals surface area contributed by atoms with Crippen LogP contribution < -0.4 is 10.7 Å². The number of anilines is 1. The average molecular weight is 277 g/mol. The normalized spacial score (nSPS) is 16.9. The first-order valence-corrected chi connectivity index (χ1v) is 7.13. The summed E-state index contributed by atoms with van der Waals surface area (Å²) >= 11 is 0. The lowest BCUT2D eigenvalue weighted by atomic mass is 10.2. The second-order valence-corrected chi connectivity index (χ2v) is 5.09. The molecular formula is C14H23N5O. The molecule has 2 heterocycles. The Morgan fingerprint density at radius 1 is 1.35 bits per heavy atom. The van der Waals surface area contributed by atoms with Gasteiger partial charge in [0.05, 0.1) is 0 Å². The van der Waals surface area contributed by atoms with E-state index in [1.54, 1.807) is 18.3 Å². The highest BCUT2D eigenvalue weighted by atomic mass is 16.2. The van der Waals surface area contributed by atoms with Gasteiger partial charge in [0.1, 0.15) is 5.82 Å². The van der Waals surface area contributed by atoms with Gasteiger partial charge in [-0.1, -0.05) is 6.92 Å². The van der Waals surface area contributed by atoms with E-state index in [2.05, 4.69) is 34.6 Å². The van der Waals surface area contributed by atoms with Crippen LogP contribution in [-0.2, 0) is 0 Å². The number of amides is 1. The van der Waals surface area contributed by atoms with Gasteiger partial charge in [-0.05, 0) is 25.6 Å². The number of nitrogens with zero attached hydrogens (tertiary/aromatic N) is 3. The number of hydrogen-bond donors (Lipinski definition) is 2. The molecule has 0 radical (unpaired) electrons. The lowest BCUT2D eigenvalue weighted by Gasteiger charge is -2.32. The third-order valence-corrected chi connectivity index (χ3v) is 3.34. The molecule has 0 spiro atoms. The van der Waals surface area contributed by atoms with Crippen molar-refractivity contribution in [2.75, 3.05) is 45.1 Å². The molecule has 0 aliphatic carbocycles. The maximum Gasteiger partial charge on any atom is 0.265 e. The van der Waals surface area contributed by atoms with Gasteiger partial charge in [-0.15, -0.1) is 0 Å². The van der Waals surface area contributed by atoms with Crippen LogP contribution in [-0.4, -0.2) is 60.6 Å². The largest absolute Gasteiger partial charge is 0.370 e. The van der Waals surface area contributed by atoms with Crippen molar-refractivity contribution in [3.05, 3.63) is 23.9 Å². The van der Waals surface area contributed by atoms with E-state index in [9.17, 15) is 4.79 Å². The topological polar surface area (TPSA) is 60.5 Å². The minimum Gasteiger partial charge on any atom is -0.370 e. The molecule has 110 valence electrons. The van der Waals surface area contributed by atoms with Crippen LogP contribution in [0.15, 0.2) is 18.3 Å². The highest BCUT2D eigenvalue weighted by molar-refractivity contribution is 5.94. The number of nitrogens with one attached hydrogen (secondary N) is 2. The van der Waals surface area contributed by atoms with Crippen LogP contribution >= 0.6 is 0 Å². The smallest absolute Gasteiger partial charge is 0.265 e.